The summed E-state index contributed by atoms with van der Waals surface area (Å²) >= 11 is 0. The van der Waals surface area contributed by atoms with Crippen LogP contribution in [0.1, 0.15) is 29.3 Å². The second-order valence-corrected chi connectivity index (χ2v) is 8.02. The molecule has 0 radical (unpaired) electrons. The van der Waals surface area contributed by atoms with Crippen LogP contribution in [0.25, 0.3) is 0 Å². The van der Waals surface area contributed by atoms with Gasteiger partial charge in [-0.1, -0.05) is 37.3 Å². The van der Waals surface area contributed by atoms with E-state index in [2.05, 4.69) is 12.1 Å². The van der Waals surface area contributed by atoms with Gasteiger partial charge in [-0.2, -0.15) is 0 Å². The number of hydrogen-bond acceptors (Lipinski definition) is 3. The second kappa shape index (κ2) is 8.11. The molecule has 2 rings (SSSR count). The lowest BCUT2D eigenvalue weighted by Gasteiger charge is -2.17. The van der Waals surface area contributed by atoms with Gasteiger partial charge in [-0.3, -0.25) is 4.79 Å². The van der Waals surface area contributed by atoms with Gasteiger partial charge in [-0.25, -0.2) is 8.42 Å². The van der Waals surface area contributed by atoms with Gasteiger partial charge in [0.15, 0.2) is 9.84 Å². The van der Waals surface area contributed by atoms with E-state index in [4.69, 9.17) is 0 Å². The van der Waals surface area contributed by atoms with Gasteiger partial charge >= 0.3 is 0 Å². The van der Waals surface area contributed by atoms with Gasteiger partial charge < -0.3 is 4.90 Å². The molecule has 4 nitrogen and oxygen atoms in total. The van der Waals surface area contributed by atoms with Crippen molar-refractivity contribution in [2.24, 2.45) is 0 Å². The number of carbonyl (C=O) groups excluding carboxylic acids is 1. The van der Waals surface area contributed by atoms with E-state index in [1.807, 2.05) is 18.2 Å². The molecule has 0 saturated carbocycles. The Morgan fingerprint density at radius 3 is 2.21 bits per heavy atom. The lowest BCUT2D eigenvalue weighted by Crippen LogP contribution is -2.28. The molecule has 5 heteroatoms. The minimum absolute atomic E-state index is 0.0552. The molecule has 0 bridgehead atoms. The standard InChI is InChI=1S/C19H23NO3S/c1-3-24(22,23)18-13-11-17(12-14-18)19(21)20(2)15-7-10-16-8-5-4-6-9-16/h4-6,8-9,11-14H,3,7,10,15H2,1-2H3. The van der Waals surface area contributed by atoms with Crippen LogP contribution in [0.3, 0.4) is 0 Å². The SMILES string of the molecule is CCS(=O)(=O)c1ccc(C(=O)N(C)CCCc2ccccc2)cc1. The van der Waals surface area contributed by atoms with E-state index in [0.29, 0.717) is 12.1 Å². The van der Waals surface area contributed by atoms with Crippen molar-refractivity contribution in [3.8, 4) is 0 Å². The van der Waals surface area contributed by atoms with Crippen molar-refractivity contribution < 1.29 is 13.2 Å². The minimum Gasteiger partial charge on any atom is -0.342 e. The third-order valence-electron chi connectivity index (χ3n) is 3.99. The first-order chi connectivity index (χ1) is 11.4. The summed E-state index contributed by atoms with van der Waals surface area (Å²) in [6.07, 6.45) is 1.81. The van der Waals surface area contributed by atoms with Gasteiger partial charge in [0.25, 0.3) is 5.91 Å². The molecule has 0 aliphatic rings. The van der Waals surface area contributed by atoms with E-state index in [-0.39, 0.29) is 16.6 Å². The van der Waals surface area contributed by atoms with Crippen LogP contribution in [-0.4, -0.2) is 38.6 Å². The van der Waals surface area contributed by atoms with Crippen molar-refractivity contribution in [3.63, 3.8) is 0 Å². The Morgan fingerprint density at radius 1 is 1.00 bits per heavy atom. The van der Waals surface area contributed by atoms with Crippen molar-refractivity contribution in [2.45, 2.75) is 24.7 Å². The van der Waals surface area contributed by atoms with Crippen LogP contribution < -0.4 is 0 Å². The molecular formula is C19H23NO3S. The van der Waals surface area contributed by atoms with Gasteiger partial charge in [0.1, 0.15) is 0 Å². The first-order valence-corrected chi connectivity index (χ1v) is 9.71. The molecule has 2 aromatic carbocycles. The fraction of sp³-hybridized carbons (Fsp3) is 0.316. The summed E-state index contributed by atoms with van der Waals surface area (Å²) in [5, 5.41) is 0. The van der Waals surface area contributed by atoms with Crippen molar-refractivity contribution in [2.75, 3.05) is 19.3 Å². The lowest BCUT2D eigenvalue weighted by molar-refractivity contribution is 0.0793. The number of aryl methyl sites for hydroxylation is 1. The monoisotopic (exact) mass is 345 g/mol. The van der Waals surface area contributed by atoms with Crippen LogP contribution in [0, 0.1) is 0 Å². The third-order valence-corrected chi connectivity index (χ3v) is 5.74. The summed E-state index contributed by atoms with van der Waals surface area (Å²) in [5.74, 6) is -0.0387. The van der Waals surface area contributed by atoms with Gasteiger partial charge in [0.2, 0.25) is 0 Å². The molecule has 24 heavy (non-hydrogen) atoms. The van der Waals surface area contributed by atoms with E-state index in [1.54, 1.807) is 31.0 Å². The summed E-state index contributed by atoms with van der Waals surface area (Å²) in [7, 11) is -1.46. The van der Waals surface area contributed by atoms with E-state index < -0.39 is 9.84 Å². The lowest BCUT2D eigenvalue weighted by atomic mass is 10.1. The number of rotatable bonds is 7. The second-order valence-electron chi connectivity index (χ2n) is 5.74. The molecule has 128 valence electrons. The molecule has 0 heterocycles. The molecule has 0 spiro atoms. The Bertz CT molecular complexity index is 768. The van der Waals surface area contributed by atoms with Crippen molar-refractivity contribution in [1.29, 1.82) is 0 Å². The van der Waals surface area contributed by atoms with Crippen LogP contribution in [0.2, 0.25) is 0 Å². The quantitative estimate of drug-likeness (QED) is 0.774. The predicted octanol–water partition coefficient (Wildman–Crippen LogP) is 3.19. The normalized spacial score (nSPS) is 11.2. The largest absolute Gasteiger partial charge is 0.342 e. The molecular weight excluding hydrogens is 322 g/mol. The van der Waals surface area contributed by atoms with Gasteiger partial charge in [-0.05, 0) is 42.7 Å². The molecule has 0 saturated heterocycles. The maximum absolute atomic E-state index is 12.4. The average molecular weight is 345 g/mol. The molecule has 0 N–H and O–H groups in total. The molecule has 0 atom stereocenters. The predicted molar refractivity (Wildman–Crippen MR) is 95.9 cm³/mol. The maximum atomic E-state index is 12.4. The van der Waals surface area contributed by atoms with E-state index in [1.165, 1.54) is 17.7 Å². The number of benzene rings is 2. The fourth-order valence-corrected chi connectivity index (χ4v) is 3.34. The summed E-state index contributed by atoms with van der Waals surface area (Å²) in [4.78, 5) is 14.3. The van der Waals surface area contributed by atoms with Gasteiger partial charge in [0.05, 0.1) is 10.6 Å². The van der Waals surface area contributed by atoms with Crippen molar-refractivity contribution in [1.82, 2.24) is 4.90 Å². The molecule has 0 fully saturated rings. The Labute approximate surface area is 144 Å². The number of sulfone groups is 1. The molecule has 0 aliphatic carbocycles. The van der Waals surface area contributed by atoms with Crippen LogP contribution in [0.15, 0.2) is 59.5 Å². The zero-order valence-corrected chi connectivity index (χ0v) is 14.9. The van der Waals surface area contributed by atoms with E-state index in [0.717, 1.165) is 12.8 Å². The number of hydrogen-bond donors (Lipinski definition) is 0. The minimum atomic E-state index is -3.23. The zero-order valence-electron chi connectivity index (χ0n) is 14.1. The van der Waals surface area contributed by atoms with Crippen LogP contribution in [0.4, 0.5) is 0 Å². The zero-order chi connectivity index (χ0) is 17.6. The molecule has 0 aliphatic heterocycles. The number of amides is 1. The average Bonchev–Trinajstić information content (AvgIpc) is 2.62. The Hall–Kier alpha value is -2.14. The highest BCUT2D eigenvalue weighted by Gasteiger charge is 2.15. The van der Waals surface area contributed by atoms with Crippen molar-refractivity contribution >= 4 is 15.7 Å². The highest BCUT2D eigenvalue weighted by molar-refractivity contribution is 7.91. The van der Waals surface area contributed by atoms with Gasteiger partial charge in [-0.15, -0.1) is 0 Å². The molecule has 0 aromatic heterocycles. The fourth-order valence-electron chi connectivity index (χ4n) is 2.46. The Kier molecular flexibility index (Phi) is 6.15. The van der Waals surface area contributed by atoms with Crippen LogP contribution in [0.5, 0.6) is 0 Å². The first kappa shape index (κ1) is 18.2. The Balaban J connectivity index is 1.93. The number of carbonyl (C=O) groups is 1. The van der Waals surface area contributed by atoms with Crippen LogP contribution in [-0.2, 0) is 16.3 Å². The Morgan fingerprint density at radius 2 is 1.62 bits per heavy atom. The number of nitrogens with zero attached hydrogens (tertiary/aromatic N) is 1. The maximum Gasteiger partial charge on any atom is 0.253 e. The first-order valence-electron chi connectivity index (χ1n) is 8.06. The summed E-state index contributed by atoms with van der Waals surface area (Å²) < 4.78 is 23.6. The summed E-state index contributed by atoms with van der Waals surface area (Å²) in [6.45, 7) is 2.26. The highest BCUT2D eigenvalue weighted by Crippen LogP contribution is 2.14. The van der Waals surface area contributed by atoms with E-state index in [9.17, 15) is 13.2 Å². The van der Waals surface area contributed by atoms with Gasteiger partial charge in [0, 0.05) is 19.2 Å². The third kappa shape index (κ3) is 4.68. The molecule has 2 aromatic rings. The summed E-state index contributed by atoms with van der Waals surface area (Å²) in [6, 6.07) is 16.3. The smallest absolute Gasteiger partial charge is 0.253 e. The van der Waals surface area contributed by atoms with Crippen LogP contribution >= 0.6 is 0 Å². The topological polar surface area (TPSA) is 54.5 Å². The van der Waals surface area contributed by atoms with Crippen molar-refractivity contribution in [3.05, 3.63) is 65.7 Å². The van der Waals surface area contributed by atoms with E-state index >= 15 is 0 Å². The molecule has 1 amide bonds. The highest BCUT2D eigenvalue weighted by atomic mass is 32.2. The summed E-state index contributed by atoms with van der Waals surface area (Å²) in [5.41, 5.74) is 1.76. The molecule has 0 unspecified atom stereocenters.